The maximum atomic E-state index is 2.56. The molecular formula is C62H40. The molecule has 0 nitrogen and oxygen atoms in total. The first-order valence-corrected chi connectivity index (χ1v) is 21.7. The first-order valence-electron chi connectivity index (χ1n) is 21.7. The molecule has 0 N–H and O–H groups in total. The van der Waals surface area contributed by atoms with Gasteiger partial charge in [-0.3, -0.25) is 0 Å². The highest BCUT2D eigenvalue weighted by atomic mass is 14.6. The zero-order valence-corrected chi connectivity index (χ0v) is 34.1. The van der Waals surface area contributed by atoms with Gasteiger partial charge >= 0.3 is 0 Å². The van der Waals surface area contributed by atoms with E-state index >= 15 is 0 Å². The van der Waals surface area contributed by atoms with Crippen molar-refractivity contribution < 1.29 is 0 Å². The van der Waals surface area contributed by atoms with Crippen molar-refractivity contribution in [2.75, 3.05) is 0 Å². The Kier molecular flexibility index (Phi) is 7.54. The lowest BCUT2D eigenvalue weighted by molar-refractivity contribution is 0.633. The van der Waals surface area contributed by atoms with Crippen LogP contribution in [0.4, 0.5) is 0 Å². The summed E-state index contributed by atoms with van der Waals surface area (Å²) < 4.78 is 0. The molecule has 0 heteroatoms. The van der Waals surface area contributed by atoms with Gasteiger partial charge in [0.15, 0.2) is 0 Å². The molecule has 288 valence electrons. The third-order valence-electron chi connectivity index (χ3n) is 14.1. The number of rotatable bonds is 4. The van der Waals surface area contributed by atoms with Gasteiger partial charge in [-0.05, 0) is 142 Å². The van der Waals surface area contributed by atoms with Crippen LogP contribution in [-0.2, 0) is 10.8 Å². The number of fused-ring (bicyclic) bond motifs is 16. The largest absolute Gasteiger partial charge is 0.0720 e. The number of benzene rings is 10. The Morgan fingerprint density at radius 1 is 0.161 bits per heavy atom. The molecule has 0 radical (unpaired) electrons. The summed E-state index contributed by atoms with van der Waals surface area (Å²) in [6.07, 6.45) is 0. The van der Waals surface area contributed by atoms with E-state index in [1.165, 1.54) is 111 Å². The maximum absolute atomic E-state index is 2.56. The van der Waals surface area contributed by atoms with Crippen molar-refractivity contribution in [3.8, 4) is 66.8 Å². The van der Waals surface area contributed by atoms with Crippen LogP contribution in [-0.4, -0.2) is 0 Å². The minimum atomic E-state index is -0.529. The summed E-state index contributed by atoms with van der Waals surface area (Å²) in [5, 5.41) is 0. The highest BCUT2D eigenvalue weighted by molar-refractivity contribution is 5.94. The van der Waals surface area contributed by atoms with Gasteiger partial charge in [0.1, 0.15) is 0 Å². The second-order valence-corrected chi connectivity index (χ2v) is 17.1. The first-order chi connectivity index (χ1) is 30.7. The topological polar surface area (TPSA) is 0 Å². The molecule has 62 heavy (non-hydrogen) atoms. The lowest BCUT2D eigenvalue weighted by Crippen LogP contribution is -2.43. The summed E-state index contributed by atoms with van der Waals surface area (Å²) >= 11 is 0. The molecule has 0 fully saturated rings. The molecular weight excluding hydrogens is 745 g/mol. The smallest absolute Gasteiger partial charge is 0.0622 e. The van der Waals surface area contributed by atoms with E-state index in [9.17, 15) is 0 Å². The normalized spacial score (nSPS) is 14.1. The van der Waals surface area contributed by atoms with E-state index in [0.29, 0.717) is 0 Å². The van der Waals surface area contributed by atoms with Crippen molar-refractivity contribution >= 4 is 0 Å². The van der Waals surface area contributed by atoms with Gasteiger partial charge in [-0.1, -0.05) is 212 Å². The number of hydrogen-bond acceptors (Lipinski definition) is 0. The van der Waals surface area contributed by atoms with Gasteiger partial charge in [-0.25, -0.2) is 0 Å². The third-order valence-corrected chi connectivity index (χ3v) is 14.1. The zero-order chi connectivity index (χ0) is 40.8. The fourth-order valence-electron chi connectivity index (χ4n) is 11.7. The van der Waals surface area contributed by atoms with Gasteiger partial charge in [0.2, 0.25) is 0 Å². The quantitative estimate of drug-likeness (QED) is 0.167. The molecule has 10 aromatic carbocycles. The minimum Gasteiger partial charge on any atom is -0.0622 e. The van der Waals surface area contributed by atoms with Crippen LogP contribution >= 0.6 is 0 Å². The van der Waals surface area contributed by atoms with Gasteiger partial charge in [-0.15, -0.1) is 0 Å². The lowest BCUT2D eigenvalue weighted by atomic mass is 9.52. The second kappa shape index (κ2) is 13.4. The summed E-state index contributed by atoms with van der Waals surface area (Å²) in [4.78, 5) is 0. The molecule has 0 amide bonds. The Labute approximate surface area is 363 Å². The van der Waals surface area contributed by atoms with Crippen LogP contribution in [0, 0.1) is 0 Å². The highest BCUT2D eigenvalue weighted by Crippen LogP contribution is 2.67. The standard InChI is InChI=1S/C62H40/c1-3-18-41(19-4-1)46-37-47(42-20-5-2-6-21-42)39-48(38-46)44-23-17-22-43(36-44)45-34-35-59-60(40-45)62(55-30-13-9-26-51(55)52-27-10-14-31-56(52)62)58-33-16-15-32-57(58)61(59)53-28-11-7-24-49(53)50-25-8-12-29-54(50)61/h1-40H. The number of hydrogen-bond donors (Lipinski definition) is 0. The molecule has 3 aliphatic carbocycles. The van der Waals surface area contributed by atoms with Crippen LogP contribution in [0.15, 0.2) is 243 Å². The van der Waals surface area contributed by atoms with Crippen LogP contribution in [0.2, 0.25) is 0 Å². The van der Waals surface area contributed by atoms with E-state index in [0.717, 1.165) is 0 Å². The molecule has 0 unspecified atom stereocenters. The molecule has 0 atom stereocenters. The maximum Gasteiger partial charge on any atom is 0.0720 e. The van der Waals surface area contributed by atoms with Crippen LogP contribution < -0.4 is 0 Å². The van der Waals surface area contributed by atoms with E-state index in [-0.39, 0.29) is 0 Å². The Morgan fingerprint density at radius 3 is 0.903 bits per heavy atom. The van der Waals surface area contributed by atoms with Crippen LogP contribution in [0.25, 0.3) is 66.8 Å². The Hall–Kier alpha value is -7.80. The van der Waals surface area contributed by atoms with Gasteiger partial charge < -0.3 is 0 Å². The fourth-order valence-corrected chi connectivity index (χ4v) is 11.7. The first kappa shape index (κ1) is 35.0. The second-order valence-electron chi connectivity index (χ2n) is 17.1. The lowest BCUT2D eigenvalue weighted by Gasteiger charge is -2.49. The molecule has 0 saturated carbocycles. The van der Waals surface area contributed by atoms with E-state index in [4.69, 9.17) is 0 Å². The van der Waals surface area contributed by atoms with E-state index in [1.54, 1.807) is 0 Å². The summed E-state index contributed by atoms with van der Waals surface area (Å²) in [7, 11) is 0. The Morgan fingerprint density at radius 2 is 0.452 bits per heavy atom. The average Bonchev–Trinajstić information content (AvgIpc) is 3.82. The summed E-state index contributed by atoms with van der Waals surface area (Å²) in [6.45, 7) is 0. The monoisotopic (exact) mass is 784 g/mol. The van der Waals surface area contributed by atoms with Crippen LogP contribution in [0.1, 0.15) is 44.5 Å². The molecule has 0 aliphatic heterocycles. The van der Waals surface area contributed by atoms with Crippen molar-refractivity contribution in [2.45, 2.75) is 10.8 Å². The predicted octanol–water partition coefficient (Wildman–Crippen LogP) is 15.4. The summed E-state index contributed by atoms with van der Waals surface area (Å²) in [6, 6.07) is 91.1. The van der Waals surface area contributed by atoms with Gasteiger partial charge in [0.25, 0.3) is 0 Å². The summed E-state index contributed by atoms with van der Waals surface area (Å²) in [5.41, 5.74) is 24.7. The summed E-state index contributed by atoms with van der Waals surface area (Å²) in [5.74, 6) is 0. The van der Waals surface area contributed by atoms with Crippen molar-refractivity contribution in [1.82, 2.24) is 0 Å². The van der Waals surface area contributed by atoms with Gasteiger partial charge in [0.05, 0.1) is 10.8 Å². The van der Waals surface area contributed by atoms with Gasteiger partial charge in [0, 0.05) is 0 Å². The van der Waals surface area contributed by atoms with Crippen molar-refractivity contribution in [3.05, 3.63) is 287 Å². The van der Waals surface area contributed by atoms with Crippen molar-refractivity contribution in [2.24, 2.45) is 0 Å². The minimum absolute atomic E-state index is 0.497. The molecule has 0 heterocycles. The van der Waals surface area contributed by atoms with E-state index < -0.39 is 10.8 Å². The van der Waals surface area contributed by atoms with E-state index in [2.05, 4.69) is 243 Å². The SMILES string of the molecule is c1ccc(-c2cc(-c3ccccc3)cc(-c3cccc(-c4ccc5c(c4)C4(c6ccccc6-c6ccccc64)c4ccccc4C54c5ccccc5-c5ccccc54)c3)c2)cc1. The molecule has 0 aromatic heterocycles. The van der Waals surface area contributed by atoms with Crippen molar-refractivity contribution in [1.29, 1.82) is 0 Å². The average molecular weight is 785 g/mol. The Balaban J connectivity index is 1.09. The molecule has 0 saturated heterocycles. The molecule has 10 aromatic rings. The van der Waals surface area contributed by atoms with E-state index in [1.807, 2.05) is 0 Å². The molecule has 13 rings (SSSR count). The molecule has 3 aliphatic rings. The predicted molar refractivity (Wildman–Crippen MR) is 256 cm³/mol. The van der Waals surface area contributed by atoms with Gasteiger partial charge in [-0.2, -0.15) is 0 Å². The van der Waals surface area contributed by atoms with Crippen LogP contribution in [0.5, 0.6) is 0 Å². The highest BCUT2D eigenvalue weighted by Gasteiger charge is 2.58. The molecule has 0 bridgehead atoms. The third kappa shape index (κ3) is 4.72. The Bertz CT molecular complexity index is 3260. The van der Waals surface area contributed by atoms with Crippen LogP contribution in [0.3, 0.4) is 0 Å². The zero-order valence-electron chi connectivity index (χ0n) is 34.1. The van der Waals surface area contributed by atoms with Crippen molar-refractivity contribution in [3.63, 3.8) is 0 Å². The molecule has 2 spiro atoms. The fraction of sp³-hybridized carbons (Fsp3) is 0.0323.